The van der Waals surface area contributed by atoms with Gasteiger partial charge in [-0.25, -0.2) is 0 Å². The number of anilines is 1. The van der Waals surface area contributed by atoms with Crippen molar-refractivity contribution in [3.8, 4) is 6.07 Å². The van der Waals surface area contributed by atoms with Gasteiger partial charge in [0, 0.05) is 44.3 Å². The summed E-state index contributed by atoms with van der Waals surface area (Å²) in [5, 5.41) is 14.9. The Balaban J connectivity index is 1.76. The first-order valence-electron chi connectivity index (χ1n) is 6.93. The minimum absolute atomic E-state index is 0.0147. The lowest BCUT2D eigenvalue weighted by Crippen LogP contribution is -2.49. The third-order valence-electron chi connectivity index (χ3n) is 3.41. The third kappa shape index (κ3) is 4.34. The lowest BCUT2D eigenvalue weighted by atomic mass is 10.2. The van der Waals surface area contributed by atoms with Crippen LogP contribution in [0.25, 0.3) is 0 Å². The first-order valence-corrected chi connectivity index (χ1v) is 6.93. The van der Waals surface area contributed by atoms with E-state index in [1.165, 1.54) is 0 Å². The standard InChI is InChI=1S/C15H20N4O/c1-12-11-19(9-7-17-12)8-6-15(20)18-14-4-2-13(10-16)3-5-14/h2-5,12,17H,6-9,11H2,1H3,(H,18,20)/t12-/m0/s1. The van der Waals surface area contributed by atoms with Crippen LogP contribution in [0.15, 0.2) is 24.3 Å². The van der Waals surface area contributed by atoms with Gasteiger partial charge in [-0.1, -0.05) is 0 Å². The second-order valence-corrected chi connectivity index (χ2v) is 5.14. The highest BCUT2D eigenvalue weighted by Gasteiger charge is 2.16. The molecule has 2 rings (SSSR count). The fourth-order valence-corrected chi connectivity index (χ4v) is 2.33. The van der Waals surface area contributed by atoms with E-state index < -0.39 is 0 Å². The molecule has 0 radical (unpaired) electrons. The maximum Gasteiger partial charge on any atom is 0.225 e. The number of carbonyl (C=O) groups is 1. The number of rotatable bonds is 4. The highest BCUT2D eigenvalue weighted by atomic mass is 16.1. The summed E-state index contributed by atoms with van der Waals surface area (Å²) in [5.41, 5.74) is 1.33. The lowest BCUT2D eigenvalue weighted by Gasteiger charge is -2.31. The van der Waals surface area contributed by atoms with Crippen LogP contribution < -0.4 is 10.6 Å². The summed E-state index contributed by atoms with van der Waals surface area (Å²) in [4.78, 5) is 14.2. The molecule has 1 aliphatic heterocycles. The topological polar surface area (TPSA) is 68.2 Å². The predicted octanol–water partition coefficient (Wildman–Crippen LogP) is 1.18. The molecule has 2 N–H and O–H groups in total. The quantitative estimate of drug-likeness (QED) is 0.863. The van der Waals surface area contributed by atoms with E-state index >= 15 is 0 Å². The van der Waals surface area contributed by atoms with Crippen LogP contribution >= 0.6 is 0 Å². The van der Waals surface area contributed by atoms with E-state index in [0.717, 1.165) is 31.9 Å². The minimum atomic E-state index is 0.0147. The Kier molecular flexibility index (Phi) is 5.10. The molecule has 106 valence electrons. The maximum absolute atomic E-state index is 11.9. The van der Waals surface area contributed by atoms with Crippen LogP contribution in [-0.2, 0) is 4.79 Å². The Morgan fingerprint density at radius 3 is 2.90 bits per heavy atom. The van der Waals surface area contributed by atoms with E-state index in [0.29, 0.717) is 18.0 Å². The van der Waals surface area contributed by atoms with E-state index in [9.17, 15) is 4.79 Å². The zero-order chi connectivity index (χ0) is 14.4. The van der Waals surface area contributed by atoms with Crippen molar-refractivity contribution < 1.29 is 4.79 Å². The first kappa shape index (κ1) is 14.5. The number of hydrogen-bond donors (Lipinski definition) is 2. The molecule has 1 amide bonds. The second kappa shape index (κ2) is 7.04. The predicted molar refractivity (Wildman–Crippen MR) is 78.3 cm³/mol. The fraction of sp³-hybridized carbons (Fsp3) is 0.467. The number of nitrogens with zero attached hydrogens (tertiary/aromatic N) is 2. The summed E-state index contributed by atoms with van der Waals surface area (Å²) in [6.45, 7) is 5.91. The van der Waals surface area contributed by atoms with Crippen molar-refractivity contribution in [2.24, 2.45) is 0 Å². The van der Waals surface area contributed by atoms with E-state index in [4.69, 9.17) is 5.26 Å². The molecule has 1 saturated heterocycles. The van der Waals surface area contributed by atoms with Gasteiger partial charge in [0.15, 0.2) is 0 Å². The number of piperazine rings is 1. The van der Waals surface area contributed by atoms with E-state index in [1.807, 2.05) is 0 Å². The molecule has 0 bridgehead atoms. The number of carbonyl (C=O) groups excluding carboxylic acids is 1. The largest absolute Gasteiger partial charge is 0.326 e. The van der Waals surface area contributed by atoms with Crippen LogP contribution in [0.2, 0.25) is 0 Å². The van der Waals surface area contributed by atoms with Crippen molar-refractivity contribution >= 4 is 11.6 Å². The van der Waals surface area contributed by atoms with E-state index in [-0.39, 0.29) is 5.91 Å². The second-order valence-electron chi connectivity index (χ2n) is 5.14. The van der Waals surface area contributed by atoms with Gasteiger partial charge < -0.3 is 15.5 Å². The number of benzene rings is 1. The molecule has 0 aliphatic carbocycles. The Labute approximate surface area is 119 Å². The van der Waals surface area contributed by atoms with Crippen LogP contribution in [0.3, 0.4) is 0 Å². The van der Waals surface area contributed by atoms with Crippen molar-refractivity contribution in [3.63, 3.8) is 0 Å². The van der Waals surface area contributed by atoms with Crippen molar-refractivity contribution in [1.29, 1.82) is 5.26 Å². The zero-order valence-electron chi connectivity index (χ0n) is 11.7. The monoisotopic (exact) mass is 272 g/mol. The van der Waals surface area contributed by atoms with Crippen LogP contribution in [0.5, 0.6) is 0 Å². The van der Waals surface area contributed by atoms with Gasteiger partial charge in [-0.2, -0.15) is 5.26 Å². The summed E-state index contributed by atoms with van der Waals surface area (Å²) in [5.74, 6) is 0.0147. The number of amides is 1. The van der Waals surface area contributed by atoms with Crippen LogP contribution in [0, 0.1) is 11.3 Å². The molecule has 1 aromatic carbocycles. The van der Waals surface area contributed by atoms with Gasteiger partial charge in [0.1, 0.15) is 0 Å². The van der Waals surface area contributed by atoms with Crippen molar-refractivity contribution in [2.75, 3.05) is 31.5 Å². The van der Waals surface area contributed by atoms with Gasteiger partial charge in [0.2, 0.25) is 5.91 Å². The highest BCUT2D eigenvalue weighted by Crippen LogP contribution is 2.09. The highest BCUT2D eigenvalue weighted by molar-refractivity contribution is 5.90. The van der Waals surface area contributed by atoms with Gasteiger partial charge >= 0.3 is 0 Å². The molecule has 5 heteroatoms. The third-order valence-corrected chi connectivity index (χ3v) is 3.41. The van der Waals surface area contributed by atoms with Crippen LogP contribution in [0.1, 0.15) is 18.9 Å². The SMILES string of the molecule is C[C@H]1CN(CCC(=O)Nc2ccc(C#N)cc2)CCN1. The van der Waals surface area contributed by atoms with Crippen molar-refractivity contribution in [2.45, 2.75) is 19.4 Å². The molecule has 0 unspecified atom stereocenters. The van der Waals surface area contributed by atoms with Gasteiger partial charge in [-0.3, -0.25) is 4.79 Å². The summed E-state index contributed by atoms with van der Waals surface area (Å²) >= 11 is 0. The summed E-state index contributed by atoms with van der Waals surface area (Å²) in [7, 11) is 0. The van der Waals surface area contributed by atoms with Gasteiger partial charge in [0.05, 0.1) is 11.6 Å². The van der Waals surface area contributed by atoms with Crippen LogP contribution in [0.4, 0.5) is 5.69 Å². The van der Waals surface area contributed by atoms with Crippen LogP contribution in [-0.4, -0.2) is 43.0 Å². The van der Waals surface area contributed by atoms with Crippen molar-refractivity contribution in [1.82, 2.24) is 10.2 Å². The van der Waals surface area contributed by atoms with Crippen molar-refractivity contribution in [3.05, 3.63) is 29.8 Å². The smallest absolute Gasteiger partial charge is 0.225 e. The molecule has 0 aromatic heterocycles. The minimum Gasteiger partial charge on any atom is -0.326 e. The molecule has 1 atom stereocenters. The molecule has 1 aromatic rings. The Morgan fingerprint density at radius 1 is 1.50 bits per heavy atom. The Bertz CT molecular complexity index is 492. The first-order chi connectivity index (χ1) is 9.67. The number of nitrogens with one attached hydrogen (secondary N) is 2. The molecule has 0 spiro atoms. The van der Waals surface area contributed by atoms with Gasteiger partial charge in [-0.05, 0) is 31.2 Å². The molecule has 5 nitrogen and oxygen atoms in total. The Hall–Kier alpha value is -1.90. The van der Waals surface area contributed by atoms with Gasteiger partial charge in [-0.15, -0.1) is 0 Å². The number of hydrogen-bond acceptors (Lipinski definition) is 4. The molecule has 20 heavy (non-hydrogen) atoms. The average molecular weight is 272 g/mol. The summed E-state index contributed by atoms with van der Waals surface area (Å²) in [6.07, 6.45) is 0.493. The van der Waals surface area contributed by atoms with E-state index in [2.05, 4.69) is 28.5 Å². The number of nitriles is 1. The molecular formula is C15H20N4O. The Morgan fingerprint density at radius 2 is 2.25 bits per heavy atom. The summed E-state index contributed by atoms with van der Waals surface area (Å²) in [6, 6.07) is 9.46. The molecule has 1 heterocycles. The summed E-state index contributed by atoms with van der Waals surface area (Å²) < 4.78 is 0. The average Bonchev–Trinajstić information content (AvgIpc) is 2.46. The normalized spacial score (nSPS) is 19.3. The molecule has 1 aliphatic rings. The maximum atomic E-state index is 11.9. The fourth-order valence-electron chi connectivity index (χ4n) is 2.33. The lowest BCUT2D eigenvalue weighted by molar-refractivity contribution is -0.116. The van der Waals surface area contributed by atoms with E-state index in [1.54, 1.807) is 24.3 Å². The zero-order valence-corrected chi connectivity index (χ0v) is 11.7. The molecule has 0 saturated carbocycles. The van der Waals surface area contributed by atoms with Gasteiger partial charge in [0.25, 0.3) is 0 Å². The molecule has 1 fully saturated rings. The molecular weight excluding hydrogens is 252 g/mol.